The van der Waals surface area contributed by atoms with Crippen LogP contribution in [-0.2, 0) is 4.79 Å². The van der Waals surface area contributed by atoms with Crippen molar-refractivity contribution in [1.29, 1.82) is 0 Å². The number of carbonyl (C=O) groups is 1. The number of hydrogen-bond acceptors (Lipinski definition) is 1. The maximum Gasteiger partial charge on any atom is 0.137 e. The van der Waals surface area contributed by atoms with Crippen molar-refractivity contribution in [3.63, 3.8) is 0 Å². The van der Waals surface area contributed by atoms with Gasteiger partial charge in [-0.3, -0.25) is 4.79 Å². The van der Waals surface area contributed by atoms with Crippen molar-refractivity contribution in [3.8, 4) is 0 Å². The fourth-order valence-corrected chi connectivity index (χ4v) is 4.08. The first kappa shape index (κ1) is 10.2. The van der Waals surface area contributed by atoms with E-state index in [2.05, 4.69) is 20.8 Å². The molecule has 0 N–H and O–H groups in total. The topological polar surface area (TPSA) is 17.1 Å². The van der Waals surface area contributed by atoms with Gasteiger partial charge in [-0.25, -0.2) is 0 Å². The Bertz CT molecular complexity index is 250. The van der Waals surface area contributed by atoms with E-state index in [1.54, 1.807) is 0 Å². The van der Waals surface area contributed by atoms with Crippen LogP contribution >= 0.6 is 0 Å². The van der Waals surface area contributed by atoms with E-state index < -0.39 is 0 Å². The Morgan fingerprint density at radius 3 is 2.36 bits per heavy atom. The maximum absolute atomic E-state index is 12.0. The highest BCUT2D eigenvalue weighted by Crippen LogP contribution is 2.56. The van der Waals surface area contributed by atoms with Crippen LogP contribution in [0.2, 0.25) is 0 Å². The summed E-state index contributed by atoms with van der Waals surface area (Å²) in [5.74, 6) is 0.890. The summed E-state index contributed by atoms with van der Waals surface area (Å²) < 4.78 is 0. The van der Waals surface area contributed by atoms with Crippen LogP contribution in [0.4, 0.5) is 0 Å². The predicted molar refractivity (Wildman–Crippen MR) is 58.1 cm³/mol. The van der Waals surface area contributed by atoms with Gasteiger partial charge in [0.1, 0.15) is 5.78 Å². The van der Waals surface area contributed by atoms with Crippen LogP contribution < -0.4 is 0 Å². The number of rotatable bonds is 0. The Hall–Kier alpha value is -0.330. The number of fused-ring (bicyclic) bond motifs is 1. The van der Waals surface area contributed by atoms with Gasteiger partial charge in [0.05, 0.1) is 0 Å². The number of ketones is 1. The highest BCUT2D eigenvalue weighted by molar-refractivity contribution is 5.83. The molecule has 0 aromatic rings. The molecule has 0 bridgehead atoms. The molecule has 0 aliphatic heterocycles. The van der Waals surface area contributed by atoms with Crippen LogP contribution in [0.15, 0.2) is 0 Å². The lowest BCUT2D eigenvalue weighted by Crippen LogP contribution is -2.48. The molecule has 14 heavy (non-hydrogen) atoms. The zero-order chi connectivity index (χ0) is 10.4. The van der Waals surface area contributed by atoms with Crippen LogP contribution in [-0.4, -0.2) is 5.78 Å². The average Bonchev–Trinajstić information content (AvgIpc) is 2.00. The van der Waals surface area contributed by atoms with Crippen molar-refractivity contribution in [2.24, 2.45) is 16.7 Å². The molecule has 0 saturated heterocycles. The zero-order valence-electron chi connectivity index (χ0n) is 9.73. The first-order valence-electron chi connectivity index (χ1n) is 5.98. The summed E-state index contributed by atoms with van der Waals surface area (Å²) in [6.07, 6.45) is 7.05. The summed E-state index contributed by atoms with van der Waals surface area (Å²) >= 11 is 0. The molecule has 0 heterocycles. The Balaban J connectivity index is 2.33. The van der Waals surface area contributed by atoms with Crippen molar-refractivity contribution in [1.82, 2.24) is 0 Å². The van der Waals surface area contributed by atoms with E-state index in [1.807, 2.05) is 0 Å². The van der Waals surface area contributed by atoms with Crippen LogP contribution in [0.1, 0.15) is 59.3 Å². The molecule has 0 aromatic heterocycles. The van der Waals surface area contributed by atoms with Gasteiger partial charge in [0, 0.05) is 12.3 Å². The third-order valence-electron chi connectivity index (χ3n) is 4.54. The Labute approximate surface area is 87.3 Å². The van der Waals surface area contributed by atoms with Gasteiger partial charge in [-0.2, -0.15) is 0 Å². The standard InChI is InChI=1S/C13H22O/c1-12(2)7-5-9-13(3)8-4-6-10(14)11(12)13/h11H,4-9H2,1-3H3/t11-,13-/m1/s1. The summed E-state index contributed by atoms with van der Waals surface area (Å²) in [4.78, 5) is 12.0. The molecule has 2 saturated carbocycles. The van der Waals surface area contributed by atoms with E-state index in [1.165, 1.54) is 25.7 Å². The van der Waals surface area contributed by atoms with Crippen molar-refractivity contribution >= 4 is 5.78 Å². The van der Waals surface area contributed by atoms with Crippen LogP contribution in [0.3, 0.4) is 0 Å². The maximum atomic E-state index is 12.0. The molecule has 2 atom stereocenters. The fourth-order valence-electron chi connectivity index (χ4n) is 4.08. The Morgan fingerprint density at radius 2 is 1.71 bits per heavy atom. The highest BCUT2D eigenvalue weighted by atomic mass is 16.1. The molecule has 0 amide bonds. The van der Waals surface area contributed by atoms with Crippen LogP contribution in [0.5, 0.6) is 0 Å². The normalized spacial score (nSPS) is 41.9. The molecule has 2 aliphatic carbocycles. The Morgan fingerprint density at radius 1 is 1.07 bits per heavy atom. The van der Waals surface area contributed by atoms with Crippen molar-refractivity contribution < 1.29 is 4.79 Å². The minimum Gasteiger partial charge on any atom is -0.299 e. The first-order valence-corrected chi connectivity index (χ1v) is 5.98. The number of hydrogen-bond donors (Lipinski definition) is 0. The molecule has 2 aliphatic rings. The van der Waals surface area contributed by atoms with E-state index in [9.17, 15) is 4.79 Å². The SMILES string of the molecule is CC1(C)CCC[C@@]2(C)CCCC(=O)[C@H]12. The molecule has 0 spiro atoms. The monoisotopic (exact) mass is 194 g/mol. The zero-order valence-corrected chi connectivity index (χ0v) is 9.73. The molecule has 80 valence electrons. The molecular weight excluding hydrogens is 172 g/mol. The summed E-state index contributed by atoms with van der Waals surface area (Å²) in [6, 6.07) is 0. The smallest absolute Gasteiger partial charge is 0.137 e. The van der Waals surface area contributed by atoms with Gasteiger partial charge in [0.25, 0.3) is 0 Å². The minimum atomic E-state index is 0.254. The largest absolute Gasteiger partial charge is 0.299 e. The van der Waals surface area contributed by atoms with E-state index in [0.29, 0.717) is 17.1 Å². The van der Waals surface area contributed by atoms with Crippen molar-refractivity contribution in [2.45, 2.75) is 59.3 Å². The van der Waals surface area contributed by atoms with Crippen molar-refractivity contribution in [3.05, 3.63) is 0 Å². The van der Waals surface area contributed by atoms with E-state index in [-0.39, 0.29) is 5.41 Å². The molecule has 2 fully saturated rings. The third-order valence-corrected chi connectivity index (χ3v) is 4.54. The number of carbonyl (C=O) groups excluding carboxylic acids is 1. The second-order valence-corrected chi connectivity index (χ2v) is 6.25. The highest BCUT2D eigenvalue weighted by Gasteiger charge is 2.51. The van der Waals surface area contributed by atoms with Crippen molar-refractivity contribution in [2.75, 3.05) is 0 Å². The summed E-state index contributed by atoms with van der Waals surface area (Å²) in [5.41, 5.74) is 0.585. The molecule has 0 unspecified atom stereocenters. The lowest BCUT2D eigenvalue weighted by Gasteiger charge is -2.52. The number of Topliss-reactive ketones (excluding diaryl/α,β-unsaturated/α-hetero) is 1. The predicted octanol–water partition coefficient (Wildman–Crippen LogP) is 3.57. The lowest BCUT2D eigenvalue weighted by molar-refractivity contribution is -0.141. The molecule has 0 radical (unpaired) electrons. The van der Waals surface area contributed by atoms with Gasteiger partial charge in [-0.15, -0.1) is 0 Å². The second-order valence-electron chi connectivity index (χ2n) is 6.25. The van der Waals surface area contributed by atoms with E-state index in [0.717, 1.165) is 12.8 Å². The van der Waals surface area contributed by atoms with Gasteiger partial charge in [-0.05, 0) is 36.5 Å². The summed E-state index contributed by atoms with van der Waals surface area (Å²) in [5, 5.41) is 0. The van der Waals surface area contributed by atoms with Gasteiger partial charge < -0.3 is 0 Å². The van der Waals surface area contributed by atoms with Gasteiger partial charge >= 0.3 is 0 Å². The molecule has 0 aromatic carbocycles. The van der Waals surface area contributed by atoms with Gasteiger partial charge in [-0.1, -0.05) is 27.2 Å². The first-order chi connectivity index (χ1) is 6.46. The Kier molecular flexibility index (Phi) is 2.24. The molecule has 1 heteroatoms. The van der Waals surface area contributed by atoms with Crippen LogP contribution in [0, 0.1) is 16.7 Å². The van der Waals surface area contributed by atoms with Crippen LogP contribution in [0.25, 0.3) is 0 Å². The quantitative estimate of drug-likeness (QED) is 0.576. The molecule has 1 nitrogen and oxygen atoms in total. The lowest BCUT2D eigenvalue weighted by atomic mass is 9.51. The fraction of sp³-hybridized carbons (Fsp3) is 0.923. The molecular formula is C13H22O. The van der Waals surface area contributed by atoms with E-state index in [4.69, 9.17) is 0 Å². The van der Waals surface area contributed by atoms with Gasteiger partial charge in [0.2, 0.25) is 0 Å². The average molecular weight is 194 g/mol. The summed E-state index contributed by atoms with van der Waals surface area (Å²) in [7, 11) is 0. The summed E-state index contributed by atoms with van der Waals surface area (Å²) in [6.45, 7) is 6.92. The minimum absolute atomic E-state index is 0.254. The molecule has 2 rings (SSSR count). The third kappa shape index (κ3) is 1.41. The van der Waals surface area contributed by atoms with E-state index >= 15 is 0 Å². The van der Waals surface area contributed by atoms with Gasteiger partial charge in [0.15, 0.2) is 0 Å². The second kappa shape index (κ2) is 3.08.